The van der Waals surface area contributed by atoms with E-state index in [-0.39, 0.29) is 12.3 Å². The highest BCUT2D eigenvalue weighted by Crippen LogP contribution is 2.20. The lowest BCUT2D eigenvalue weighted by Gasteiger charge is -2.04. The van der Waals surface area contributed by atoms with Crippen molar-refractivity contribution in [1.82, 2.24) is 4.57 Å². The fraction of sp³-hybridized carbons (Fsp3) is 0.0526. The van der Waals surface area contributed by atoms with E-state index in [4.69, 9.17) is 4.42 Å². The number of carbonyl (C=O) groups excluding carboxylic acids is 1. The smallest absolute Gasteiger partial charge is 0.408 e. The van der Waals surface area contributed by atoms with Crippen LogP contribution in [0, 0.1) is 0 Å². The van der Waals surface area contributed by atoms with Crippen molar-refractivity contribution in [3.8, 4) is 0 Å². The Kier molecular flexibility index (Phi) is 3.58. The van der Waals surface area contributed by atoms with E-state index in [0.29, 0.717) is 16.7 Å². The van der Waals surface area contributed by atoms with Crippen LogP contribution in [-0.4, -0.2) is 10.4 Å². The summed E-state index contributed by atoms with van der Waals surface area (Å²) in [5, 5.41) is 2.07. The summed E-state index contributed by atoms with van der Waals surface area (Å²) in [6.45, 7) is -0.0549. The number of hydrogen-bond acceptors (Lipinski definition) is 3. The van der Waals surface area contributed by atoms with Crippen LogP contribution in [0.4, 0.5) is 0 Å². The molecule has 3 aromatic carbocycles. The summed E-state index contributed by atoms with van der Waals surface area (Å²) in [6.07, 6.45) is 0. The van der Waals surface area contributed by atoms with E-state index in [2.05, 4.69) is 15.9 Å². The number of oxazole rings is 1. The summed E-state index contributed by atoms with van der Waals surface area (Å²) in [4.78, 5) is 24.7. The minimum Gasteiger partial charge on any atom is -0.408 e. The Bertz CT molecular complexity index is 1140. The molecule has 1 heterocycles. The highest BCUT2D eigenvalue weighted by atomic mass is 79.9. The van der Waals surface area contributed by atoms with Gasteiger partial charge in [-0.25, -0.2) is 4.79 Å². The van der Waals surface area contributed by atoms with Gasteiger partial charge in [-0.15, -0.1) is 0 Å². The number of fused-ring (bicyclic) bond motifs is 2. The summed E-state index contributed by atoms with van der Waals surface area (Å²) < 4.78 is 7.38. The zero-order valence-corrected chi connectivity index (χ0v) is 14.1. The minimum atomic E-state index is -0.530. The van der Waals surface area contributed by atoms with Crippen LogP contribution in [0.5, 0.6) is 0 Å². The Balaban J connectivity index is 1.74. The van der Waals surface area contributed by atoms with Crippen molar-refractivity contribution in [1.29, 1.82) is 0 Å². The maximum atomic E-state index is 12.6. The molecular formula is C19H12BrNO3. The van der Waals surface area contributed by atoms with E-state index < -0.39 is 5.76 Å². The molecule has 0 aliphatic carbocycles. The number of rotatable bonds is 3. The molecule has 0 radical (unpaired) electrons. The Morgan fingerprint density at radius 2 is 1.79 bits per heavy atom. The first-order valence-corrected chi connectivity index (χ1v) is 8.22. The van der Waals surface area contributed by atoms with Crippen LogP contribution in [-0.2, 0) is 6.54 Å². The number of aromatic nitrogens is 1. The van der Waals surface area contributed by atoms with Gasteiger partial charge in [-0.2, -0.15) is 0 Å². The summed E-state index contributed by atoms with van der Waals surface area (Å²) in [7, 11) is 0. The lowest BCUT2D eigenvalue weighted by Crippen LogP contribution is -2.20. The van der Waals surface area contributed by atoms with E-state index in [1.165, 1.54) is 4.57 Å². The standard InChI is InChI=1S/C19H12BrNO3/c20-15-7-8-18-16(10-15)21(19(23)24-18)11-17(22)14-6-5-12-3-1-2-4-13(12)9-14/h1-10H,11H2. The molecule has 0 saturated carbocycles. The molecule has 4 rings (SSSR count). The third kappa shape index (κ3) is 2.57. The van der Waals surface area contributed by atoms with Crippen LogP contribution in [0.3, 0.4) is 0 Å². The van der Waals surface area contributed by atoms with Gasteiger partial charge in [0.2, 0.25) is 0 Å². The molecule has 0 bridgehead atoms. The second kappa shape index (κ2) is 5.76. The van der Waals surface area contributed by atoms with Gasteiger partial charge in [0.15, 0.2) is 11.4 Å². The summed E-state index contributed by atoms with van der Waals surface area (Å²) in [5.74, 6) is -0.664. The first-order valence-electron chi connectivity index (χ1n) is 7.43. The molecule has 5 heteroatoms. The average Bonchev–Trinajstić information content (AvgIpc) is 2.89. The number of hydrogen-bond donors (Lipinski definition) is 0. The van der Waals surface area contributed by atoms with Crippen LogP contribution >= 0.6 is 15.9 Å². The maximum absolute atomic E-state index is 12.6. The van der Waals surface area contributed by atoms with Gasteiger partial charge < -0.3 is 4.42 Å². The molecule has 0 N–H and O–H groups in total. The zero-order valence-electron chi connectivity index (χ0n) is 12.5. The first kappa shape index (κ1) is 14.9. The topological polar surface area (TPSA) is 52.2 Å². The Morgan fingerprint density at radius 3 is 2.62 bits per heavy atom. The molecule has 0 spiro atoms. The molecule has 118 valence electrons. The van der Waals surface area contributed by atoms with Gasteiger partial charge in [-0.3, -0.25) is 9.36 Å². The van der Waals surface area contributed by atoms with E-state index in [0.717, 1.165) is 15.2 Å². The molecular weight excluding hydrogens is 370 g/mol. The molecule has 0 aliphatic rings. The quantitative estimate of drug-likeness (QED) is 0.494. The number of ketones is 1. The van der Waals surface area contributed by atoms with E-state index in [9.17, 15) is 9.59 Å². The van der Waals surface area contributed by atoms with Crippen molar-refractivity contribution >= 4 is 43.6 Å². The number of carbonyl (C=O) groups is 1. The van der Waals surface area contributed by atoms with Crippen molar-refractivity contribution in [2.24, 2.45) is 0 Å². The third-order valence-corrected chi connectivity index (χ3v) is 4.50. The molecule has 0 fully saturated rings. The largest absolute Gasteiger partial charge is 0.420 e. The van der Waals surface area contributed by atoms with Gasteiger partial charge in [0.1, 0.15) is 0 Å². The van der Waals surface area contributed by atoms with Crippen molar-refractivity contribution in [2.75, 3.05) is 0 Å². The summed E-state index contributed by atoms with van der Waals surface area (Å²) >= 11 is 3.37. The highest BCUT2D eigenvalue weighted by Gasteiger charge is 2.14. The SMILES string of the molecule is O=C(Cn1c(=O)oc2ccc(Br)cc21)c1ccc2ccccc2c1. The summed E-state index contributed by atoms with van der Waals surface area (Å²) in [5.41, 5.74) is 1.64. The first-order chi connectivity index (χ1) is 11.6. The second-order valence-corrected chi connectivity index (χ2v) is 6.47. The van der Waals surface area contributed by atoms with Crippen molar-refractivity contribution in [3.05, 3.63) is 81.3 Å². The fourth-order valence-corrected chi connectivity index (χ4v) is 3.13. The molecule has 1 aromatic heterocycles. The number of nitrogens with zero attached hydrogens (tertiary/aromatic N) is 1. The zero-order chi connectivity index (χ0) is 16.7. The molecule has 0 amide bonds. The van der Waals surface area contributed by atoms with E-state index in [1.807, 2.05) is 36.4 Å². The van der Waals surface area contributed by atoms with Gasteiger partial charge in [0.25, 0.3) is 0 Å². The van der Waals surface area contributed by atoms with Crippen LogP contribution < -0.4 is 5.76 Å². The number of Topliss-reactive ketones (excluding diaryl/α,β-unsaturated/α-hetero) is 1. The molecule has 0 atom stereocenters. The predicted octanol–water partition coefficient (Wildman–Crippen LogP) is 4.39. The van der Waals surface area contributed by atoms with Gasteiger partial charge in [-0.05, 0) is 35.0 Å². The minimum absolute atomic E-state index is 0.0549. The van der Waals surface area contributed by atoms with Gasteiger partial charge >= 0.3 is 5.76 Å². The van der Waals surface area contributed by atoms with E-state index >= 15 is 0 Å². The van der Waals surface area contributed by atoms with Gasteiger partial charge in [0.05, 0.1) is 12.1 Å². The molecule has 4 nitrogen and oxygen atoms in total. The lowest BCUT2D eigenvalue weighted by molar-refractivity contribution is 0.0971. The summed E-state index contributed by atoms with van der Waals surface area (Å²) in [6, 6.07) is 18.7. The number of halogens is 1. The van der Waals surface area contributed by atoms with Crippen molar-refractivity contribution in [2.45, 2.75) is 6.54 Å². The van der Waals surface area contributed by atoms with E-state index in [1.54, 1.807) is 24.3 Å². The highest BCUT2D eigenvalue weighted by molar-refractivity contribution is 9.10. The lowest BCUT2D eigenvalue weighted by atomic mass is 10.0. The van der Waals surface area contributed by atoms with Gasteiger partial charge in [-0.1, -0.05) is 52.3 Å². The average molecular weight is 382 g/mol. The Morgan fingerprint density at radius 1 is 1.00 bits per heavy atom. The predicted molar refractivity (Wildman–Crippen MR) is 96.5 cm³/mol. The Hall–Kier alpha value is -2.66. The normalized spacial score (nSPS) is 11.2. The molecule has 24 heavy (non-hydrogen) atoms. The van der Waals surface area contributed by atoms with Gasteiger partial charge in [0, 0.05) is 10.0 Å². The molecule has 0 unspecified atom stereocenters. The maximum Gasteiger partial charge on any atom is 0.420 e. The van der Waals surface area contributed by atoms with Crippen LogP contribution in [0.15, 0.2) is 74.3 Å². The van der Waals surface area contributed by atoms with Crippen LogP contribution in [0.1, 0.15) is 10.4 Å². The monoisotopic (exact) mass is 381 g/mol. The van der Waals surface area contributed by atoms with Crippen LogP contribution in [0.25, 0.3) is 21.9 Å². The second-order valence-electron chi connectivity index (χ2n) is 5.55. The Labute approximate surface area is 145 Å². The molecule has 0 aliphatic heterocycles. The van der Waals surface area contributed by atoms with Crippen molar-refractivity contribution in [3.63, 3.8) is 0 Å². The van der Waals surface area contributed by atoms with Crippen molar-refractivity contribution < 1.29 is 9.21 Å². The van der Waals surface area contributed by atoms with Crippen LogP contribution in [0.2, 0.25) is 0 Å². The number of benzene rings is 3. The molecule has 0 saturated heterocycles. The fourth-order valence-electron chi connectivity index (χ4n) is 2.78. The molecule has 4 aromatic rings. The third-order valence-electron chi connectivity index (χ3n) is 4.00.